The molecule has 0 aliphatic heterocycles. The quantitative estimate of drug-likeness (QED) is 0.541. The Hall–Kier alpha value is -0.760. The second-order valence-electron chi connectivity index (χ2n) is 5.43. The summed E-state index contributed by atoms with van der Waals surface area (Å²) in [6.45, 7) is 5.54. The van der Waals surface area contributed by atoms with Gasteiger partial charge in [0.25, 0.3) is 0 Å². The first kappa shape index (κ1) is 16.3. The van der Waals surface area contributed by atoms with Crippen molar-refractivity contribution in [2.75, 3.05) is 6.54 Å². The van der Waals surface area contributed by atoms with Gasteiger partial charge in [-0.1, -0.05) is 52.4 Å². The van der Waals surface area contributed by atoms with Gasteiger partial charge in [-0.2, -0.15) is 0 Å². The molecule has 110 valence electrons. The number of rotatable bonds is 12. The second kappa shape index (κ2) is 11.1. The van der Waals surface area contributed by atoms with Crippen molar-refractivity contribution in [1.29, 1.82) is 0 Å². The molecule has 1 heterocycles. The van der Waals surface area contributed by atoms with Crippen LogP contribution in [0, 0.1) is 0 Å². The summed E-state index contributed by atoms with van der Waals surface area (Å²) in [6, 6.07) is 4.71. The molecular formula is C17H31NO. The molecule has 1 atom stereocenters. The molecule has 2 nitrogen and oxygen atoms in total. The fourth-order valence-electron chi connectivity index (χ4n) is 2.58. The number of hydrogen-bond acceptors (Lipinski definition) is 2. The molecule has 0 spiro atoms. The van der Waals surface area contributed by atoms with Gasteiger partial charge in [0.2, 0.25) is 0 Å². The first-order valence-electron chi connectivity index (χ1n) is 8.12. The van der Waals surface area contributed by atoms with Crippen LogP contribution in [0.4, 0.5) is 0 Å². The highest BCUT2D eigenvalue weighted by Crippen LogP contribution is 2.13. The van der Waals surface area contributed by atoms with Gasteiger partial charge >= 0.3 is 0 Å². The van der Waals surface area contributed by atoms with Crippen molar-refractivity contribution >= 4 is 0 Å². The van der Waals surface area contributed by atoms with Crippen LogP contribution in [0.25, 0.3) is 0 Å². The molecule has 1 rings (SSSR count). The largest absolute Gasteiger partial charge is 0.469 e. The number of aryl methyl sites for hydroxylation is 1. The zero-order chi connectivity index (χ0) is 13.8. The Balaban J connectivity index is 2.10. The number of hydrogen-bond donors (Lipinski definition) is 1. The minimum Gasteiger partial charge on any atom is -0.469 e. The summed E-state index contributed by atoms with van der Waals surface area (Å²) in [5.41, 5.74) is 0. The van der Waals surface area contributed by atoms with E-state index in [9.17, 15) is 0 Å². The standard InChI is InChI=1S/C17H31NO/c1-3-5-6-7-8-9-11-16(18-4-2)13-14-17-12-10-15-19-17/h10,12,15-16,18H,3-9,11,13-14H2,1-2H3. The first-order valence-corrected chi connectivity index (χ1v) is 8.12. The molecule has 1 unspecified atom stereocenters. The molecule has 0 aliphatic rings. The Morgan fingerprint density at radius 3 is 2.53 bits per heavy atom. The Labute approximate surface area is 119 Å². The molecule has 19 heavy (non-hydrogen) atoms. The number of nitrogens with one attached hydrogen (secondary N) is 1. The van der Waals surface area contributed by atoms with Gasteiger partial charge in [0, 0.05) is 12.5 Å². The van der Waals surface area contributed by atoms with Crippen LogP contribution >= 0.6 is 0 Å². The fraction of sp³-hybridized carbons (Fsp3) is 0.765. The monoisotopic (exact) mass is 265 g/mol. The van der Waals surface area contributed by atoms with Crippen LogP contribution in [0.15, 0.2) is 22.8 Å². The predicted octanol–water partition coefficient (Wildman–Crippen LogP) is 4.94. The summed E-state index contributed by atoms with van der Waals surface area (Å²) in [4.78, 5) is 0. The van der Waals surface area contributed by atoms with Gasteiger partial charge in [0.15, 0.2) is 0 Å². The topological polar surface area (TPSA) is 25.2 Å². The second-order valence-corrected chi connectivity index (χ2v) is 5.43. The Morgan fingerprint density at radius 2 is 1.84 bits per heavy atom. The summed E-state index contributed by atoms with van der Waals surface area (Å²) in [5.74, 6) is 1.12. The van der Waals surface area contributed by atoms with Gasteiger partial charge in [-0.15, -0.1) is 0 Å². The molecule has 0 saturated heterocycles. The molecule has 0 aromatic carbocycles. The normalized spacial score (nSPS) is 12.7. The van der Waals surface area contributed by atoms with Crippen molar-refractivity contribution in [3.63, 3.8) is 0 Å². The van der Waals surface area contributed by atoms with Crippen molar-refractivity contribution in [2.45, 2.75) is 77.7 Å². The van der Waals surface area contributed by atoms with Crippen molar-refractivity contribution in [2.24, 2.45) is 0 Å². The number of unbranched alkanes of at least 4 members (excludes halogenated alkanes) is 5. The van der Waals surface area contributed by atoms with Crippen molar-refractivity contribution in [3.05, 3.63) is 24.2 Å². The van der Waals surface area contributed by atoms with Gasteiger partial charge in [0.1, 0.15) is 5.76 Å². The molecule has 1 N–H and O–H groups in total. The molecule has 0 aliphatic carbocycles. The van der Waals surface area contributed by atoms with Crippen LogP contribution in [-0.2, 0) is 6.42 Å². The fourth-order valence-corrected chi connectivity index (χ4v) is 2.58. The maximum Gasteiger partial charge on any atom is 0.103 e. The summed E-state index contributed by atoms with van der Waals surface area (Å²) >= 11 is 0. The van der Waals surface area contributed by atoms with E-state index in [2.05, 4.69) is 25.2 Å². The van der Waals surface area contributed by atoms with E-state index in [4.69, 9.17) is 4.42 Å². The van der Waals surface area contributed by atoms with E-state index in [0.717, 1.165) is 18.7 Å². The molecule has 0 amide bonds. The molecule has 0 radical (unpaired) electrons. The van der Waals surface area contributed by atoms with Gasteiger partial charge < -0.3 is 9.73 Å². The lowest BCUT2D eigenvalue weighted by Crippen LogP contribution is -2.29. The highest BCUT2D eigenvalue weighted by molar-refractivity contribution is 4.98. The highest BCUT2D eigenvalue weighted by atomic mass is 16.3. The smallest absolute Gasteiger partial charge is 0.103 e. The first-order chi connectivity index (χ1) is 9.36. The lowest BCUT2D eigenvalue weighted by molar-refractivity contribution is 0.417. The summed E-state index contributed by atoms with van der Waals surface area (Å²) in [6.07, 6.45) is 13.6. The average molecular weight is 265 g/mol. The maximum atomic E-state index is 5.40. The van der Waals surface area contributed by atoms with E-state index in [-0.39, 0.29) is 0 Å². The predicted molar refractivity (Wildman–Crippen MR) is 82.5 cm³/mol. The molecule has 2 heteroatoms. The third-order valence-corrected chi connectivity index (χ3v) is 3.72. The van der Waals surface area contributed by atoms with Crippen molar-refractivity contribution in [3.8, 4) is 0 Å². The zero-order valence-corrected chi connectivity index (χ0v) is 12.8. The molecule has 1 aromatic heterocycles. The average Bonchev–Trinajstić information content (AvgIpc) is 2.93. The molecule has 1 aromatic rings. The van der Waals surface area contributed by atoms with Crippen molar-refractivity contribution in [1.82, 2.24) is 5.32 Å². The summed E-state index contributed by atoms with van der Waals surface area (Å²) in [5, 5.41) is 3.61. The van der Waals surface area contributed by atoms with E-state index >= 15 is 0 Å². The van der Waals surface area contributed by atoms with Gasteiger partial charge in [0.05, 0.1) is 6.26 Å². The summed E-state index contributed by atoms with van der Waals surface area (Å²) in [7, 11) is 0. The van der Waals surface area contributed by atoms with Crippen LogP contribution in [0.2, 0.25) is 0 Å². The van der Waals surface area contributed by atoms with E-state index in [0.29, 0.717) is 6.04 Å². The third-order valence-electron chi connectivity index (χ3n) is 3.72. The van der Waals surface area contributed by atoms with E-state index < -0.39 is 0 Å². The van der Waals surface area contributed by atoms with Crippen LogP contribution in [0.5, 0.6) is 0 Å². The Bertz CT molecular complexity index is 281. The minimum atomic E-state index is 0.654. The van der Waals surface area contributed by atoms with Crippen LogP contribution < -0.4 is 5.32 Å². The lowest BCUT2D eigenvalue weighted by Gasteiger charge is -2.17. The molecular weight excluding hydrogens is 234 g/mol. The zero-order valence-electron chi connectivity index (χ0n) is 12.8. The van der Waals surface area contributed by atoms with Crippen molar-refractivity contribution < 1.29 is 4.42 Å². The third kappa shape index (κ3) is 8.10. The Morgan fingerprint density at radius 1 is 1.05 bits per heavy atom. The molecule has 0 saturated carbocycles. The molecule has 0 bridgehead atoms. The SMILES string of the molecule is CCCCCCCCC(CCc1ccco1)NCC. The van der Waals surface area contributed by atoms with Crippen LogP contribution in [0.1, 0.15) is 71.0 Å². The minimum absolute atomic E-state index is 0.654. The summed E-state index contributed by atoms with van der Waals surface area (Å²) < 4.78 is 5.40. The highest BCUT2D eigenvalue weighted by Gasteiger charge is 2.08. The van der Waals surface area contributed by atoms with E-state index in [1.54, 1.807) is 6.26 Å². The van der Waals surface area contributed by atoms with Gasteiger partial charge in [-0.3, -0.25) is 0 Å². The van der Waals surface area contributed by atoms with E-state index in [1.165, 1.54) is 51.4 Å². The van der Waals surface area contributed by atoms with Gasteiger partial charge in [-0.25, -0.2) is 0 Å². The van der Waals surface area contributed by atoms with E-state index in [1.807, 2.05) is 6.07 Å². The van der Waals surface area contributed by atoms with Crippen LogP contribution in [0.3, 0.4) is 0 Å². The maximum absolute atomic E-state index is 5.40. The Kier molecular flexibility index (Phi) is 9.52. The van der Waals surface area contributed by atoms with Gasteiger partial charge in [-0.05, 0) is 31.5 Å². The van der Waals surface area contributed by atoms with Crippen LogP contribution in [-0.4, -0.2) is 12.6 Å². The number of furan rings is 1. The molecule has 0 fully saturated rings. The lowest BCUT2D eigenvalue weighted by atomic mass is 10.0.